The minimum atomic E-state index is -0.0881. The van der Waals surface area contributed by atoms with Gasteiger partial charge >= 0.3 is 0 Å². The zero-order valence-corrected chi connectivity index (χ0v) is 18.5. The molecule has 162 valence electrons. The molecule has 1 N–H and O–H groups in total. The van der Waals surface area contributed by atoms with Crippen LogP contribution in [0.15, 0.2) is 54.6 Å². The number of aromatic nitrogens is 1. The van der Waals surface area contributed by atoms with Crippen LogP contribution in [0.2, 0.25) is 0 Å². The number of pyridine rings is 1. The van der Waals surface area contributed by atoms with Crippen molar-refractivity contribution in [3.05, 3.63) is 65.7 Å². The highest BCUT2D eigenvalue weighted by Gasteiger charge is 2.23. The second kappa shape index (κ2) is 9.35. The summed E-state index contributed by atoms with van der Waals surface area (Å²) in [5.74, 6) is 1.51. The summed E-state index contributed by atoms with van der Waals surface area (Å²) >= 11 is 0. The predicted octanol–water partition coefficient (Wildman–Crippen LogP) is 3.88. The van der Waals surface area contributed by atoms with Crippen molar-refractivity contribution in [2.45, 2.75) is 18.9 Å². The number of benzene rings is 2. The number of nitrogens with one attached hydrogen (secondary N) is 1. The van der Waals surface area contributed by atoms with Gasteiger partial charge in [-0.1, -0.05) is 30.3 Å². The summed E-state index contributed by atoms with van der Waals surface area (Å²) in [5, 5.41) is 4.14. The molecule has 1 unspecified atom stereocenters. The third kappa shape index (κ3) is 4.64. The van der Waals surface area contributed by atoms with Gasteiger partial charge in [-0.3, -0.25) is 4.79 Å². The first-order valence-electron chi connectivity index (χ1n) is 10.8. The van der Waals surface area contributed by atoms with Gasteiger partial charge in [0.1, 0.15) is 11.6 Å². The highest BCUT2D eigenvalue weighted by atomic mass is 16.5. The van der Waals surface area contributed by atoms with E-state index < -0.39 is 0 Å². The number of amides is 1. The van der Waals surface area contributed by atoms with Crippen molar-refractivity contribution in [2.24, 2.45) is 0 Å². The van der Waals surface area contributed by atoms with E-state index in [0.29, 0.717) is 12.1 Å². The second-order valence-corrected chi connectivity index (χ2v) is 8.21. The van der Waals surface area contributed by atoms with Crippen LogP contribution < -0.4 is 15.0 Å². The summed E-state index contributed by atoms with van der Waals surface area (Å²) in [5.41, 5.74) is 2.66. The number of fused-ring (bicyclic) bond motifs is 1. The first-order chi connectivity index (χ1) is 15.1. The molecule has 6 heteroatoms. The van der Waals surface area contributed by atoms with Gasteiger partial charge in [0, 0.05) is 25.0 Å². The van der Waals surface area contributed by atoms with Gasteiger partial charge in [0.25, 0.3) is 5.91 Å². The molecule has 6 nitrogen and oxygen atoms in total. The first kappa shape index (κ1) is 21.1. The molecular weight excluding hydrogens is 388 g/mol. The Balaban J connectivity index is 1.60. The van der Waals surface area contributed by atoms with Crippen LogP contribution in [0.4, 0.5) is 5.82 Å². The van der Waals surface area contributed by atoms with Gasteiger partial charge in [0.2, 0.25) is 0 Å². The van der Waals surface area contributed by atoms with E-state index in [1.165, 1.54) is 0 Å². The molecule has 1 amide bonds. The number of likely N-dealkylation sites (N-methyl/N-ethyl adjacent to an activating group) is 1. The minimum Gasteiger partial charge on any atom is -0.497 e. The van der Waals surface area contributed by atoms with Crippen molar-refractivity contribution in [1.29, 1.82) is 0 Å². The Labute approximate surface area is 183 Å². The lowest BCUT2D eigenvalue weighted by Gasteiger charge is -2.26. The van der Waals surface area contributed by atoms with E-state index in [2.05, 4.69) is 21.2 Å². The molecule has 2 aromatic carbocycles. The van der Waals surface area contributed by atoms with E-state index in [0.717, 1.165) is 54.0 Å². The number of hydrogen-bond acceptors (Lipinski definition) is 5. The third-order valence-electron chi connectivity index (χ3n) is 5.91. The maximum Gasteiger partial charge on any atom is 0.255 e. The van der Waals surface area contributed by atoms with Gasteiger partial charge in [-0.05, 0) is 56.8 Å². The first-order valence-corrected chi connectivity index (χ1v) is 10.8. The molecule has 1 saturated heterocycles. The SMILES string of the molecule is COc1cccc(C(CNC(=O)c2cc3ccccc3nc2N2CCCC2)N(C)C)c1. The summed E-state index contributed by atoms with van der Waals surface area (Å²) < 4.78 is 5.37. The molecule has 1 atom stereocenters. The molecule has 31 heavy (non-hydrogen) atoms. The van der Waals surface area contributed by atoms with Crippen molar-refractivity contribution >= 4 is 22.6 Å². The zero-order valence-electron chi connectivity index (χ0n) is 18.5. The van der Waals surface area contributed by atoms with Gasteiger partial charge in [0.15, 0.2) is 0 Å². The maximum absolute atomic E-state index is 13.3. The Kier molecular flexibility index (Phi) is 6.37. The van der Waals surface area contributed by atoms with Crippen LogP contribution in [0.25, 0.3) is 10.9 Å². The molecule has 3 aromatic rings. The Bertz CT molecular complexity index is 1060. The molecule has 1 fully saturated rings. The lowest BCUT2D eigenvalue weighted by Crippen LogP contribution is -2.35. The molecule has 0 saturated carbocycles. The highest BCUT2D eigenvalue weighted by Crippen LogP contribution is 2.27. The minimum absolute atomic E-state index is 0.0303. The van der Waals surface area contributed by atoms with E-state index >= 15 is 0 Å². The van der Waals surface area contributed by atoms with Crippen LogP contribution in [0.1, 0.15) is 34.8 Å². The standard InChI is InChI=1S/C25H30N4O2/c1-28(2)23(19-10-8-11-20(15-19)31-3)17-26-25(30)21-16-18-9-4-5-12-22(18)27-24(21)29-13-6-7-14-29/h4-5,8-12,15-16,23H,6-7,13-14,17H2,1-3H3,(H,26,30). The molecule has 0 radical (unpaired) electrons. The van der Waals surface area contributed by atoms with Gasteiger partial charge in [0.05, 0.1) is 24.2 Å². The van der Waals surface area contributed by atoms with Crippen LogP contribution in [0.3, 0.4) is 0 Å². The molecule has 0 aliphatic carbocycles. The van der Waals surface area contributed by atoms with Crippen molar-refractivity contribution in [3.63, 3.8) is 0 Å². The molecule has 1 aromatic heterocycles. The van der Waals surface area contributed by atoms with Gasteiger partial charge in [-0.15, -0.1) is 0 Å². The van der Waals surface area contributed by atoms with Gasteiger partial charge in [-0.2, -0.15) is 0 Å². The average Bonchev–Trinajstić information content (AvgIpc) is 3.33. The Morgan fingerprint density at radius 3 is 2.65 bits per heavy atom. The molecule has 1 aliphatic rings. The van der Waals surface area contributed by atoms with Crippen molar-refractivity contribution in [2.75, 3.05) is 45.7 Å². The summed E-state index contributed by atoms with van der Waals surface area (Å²) in [6.07, 6.45) is 2.27. The summed E-state index contributed by atoms with van der Waals surface area (Å²) in [6.45, 7) is 2.37. The number of methoxy groups -OCH3 is 1. The van der Waals surface area contributed by atoms with E-state index in [-0.39, 0.29) is 11.9 Å². The van der Waals surface area contributed by atoms with E-state index in [1.54, 1.807) is 7.11 Å². The van der Waals surface area contributed by atoms with Crippen LogP contribution in [0, 0.1) is 0 Å². The van der Waals surface area contributed by atoms with E-state index in [9.17, 15) is 4.79 Å². The highest BCUT2D eigenvalue weighted by molar-refractivity contribution is 6.02. The quantitative estimate of drug-likeness (QED) is 0.631. The van der Waals surface area contributed by atoms with Crippen LogP contribution in [-0.4, -0.2) is 56.6 Å². The normalized spacial score (nSPS) is 14.8. The van der Waals surface area contributed by atoms with E-state index in [4.69, 9.17) is 9.72 Å². The van der Waals surface area contributed by atoms with Crippen LogP contribution in [0.5, 0.6) is 5.75 Å². The molecule has 0 bridgehead atoms. The Morgan fingerprint density at radius 1 is 1.13 bits per heavy atom. The fourth-order valence-corrected chi connectivity index (χ4v) is 4.17. The van der Waals surface area contributed by atoms with Crippen molar-refractivity contribution in [1.82, 2.24) is 15.2 Å². The summed E-state index contributed by atoms with van der Waals surface area (Å²) in [4.78, 5) is 22.5. The van der Waals surface area contributed by atoms with Crippen LogP contribution >= 0.6 is 0 Å². The maximum atomic E-state index is 13.3. The molecular formula is C25H30N4O2. The number of nitrogens with zero attached hydrogens (tertiary/aromatic N) is 3. The fourth-order valence-electron chi connectivity index (χ4n) is 4.17. The number of anilines is 1. The average molecular weight is 419 g/mol. The Hall–Kier alpha value is -3.12. The molecule has 1 aliphatic heterocycles. The lowest BCUT2D eigenvalue weighted by atomic mass is 10.0. The summed E-state index contributed by atoms with van der Waals surface area (Å²) in [7, 11) is 5.70. The van der Waals surface area contributed by atoms with Crippen LogP contribution in [-0.2, 0) is 0 Å². The second-order valence-electron chi connectivity index (χ2n) is 8.21. The number of carbonyl (C=O) groups is 1. The molecule has 2 heterocycles. The van der Waals surface area contributed by atoms with Gasteiger partial charge in [-0.25, -0.2) is 4.98 Å². The Morgan fingerprint density at radius 2 is 1.90 bits per heavy atom. The predicted molar refractivity (Wildman–Crippen MR) is 125 cm³/mol. The number of rotatable bonds is 7. The zero-order chi connectivity index (χ0) is 21.8. The topological polar surface area (TPSA) is 57.7 Å². The van der Waals surface area contributed by atoms with Crippen molar-refractivity contribution in [3.8, 4) is 5.75 Å². The smallest absolute Gasteiger partial charge is 0.255 e. The number of ether oxygens (including phenoxy) is 1. The molecule has 0 spiro atoms. The molecule has 4 rings (SSSR count). The third-order valence-corrected chi connectivity index (χ3v) is 5.91. The summed E-state index contributed by atoms with van der Waals surface area (Å²) in [6, 6.07) is 18.0. The monoisotopic (exact) mass is 418 g/mol. The largest absolute Gasteiger partial charge is 0.497 e. The number of para-hydroxylation sites is 1. The number of carbonyl (C=O) groups excluding carboxylic acids is 1. The fraction of sp³-hybridized carbons (Fsp3) is 0.360. The number of hydrogen-bond donors (Lipinski definition) is 1. The van der Waals surface area contributed by atoms with Gasteiger partial charge < -0.3 is 19.9 Å². The van der Waals surface area contributed by atoms with E-state index in [1.807, 2.05) is 62.6 Å². The van der Waals surface area contributed by atoms with Crippen molar-refractivity contribution < 1.29 is 9.53 Å². The lowest BCUT2D eigenvalue weighted by molar-refractivity contribution is 0.0942.